The average Bonchev–Trinajstić information content (AvgIpc) is 3.33. The highest BCUT2D eigenvalue weighted by molar-refractivity contribution is 8.18. The van der Waals surface area contributed by atoms with E-state index in [1.807, 2.05) is 0 Å². The van der Waals surface area contributed by atoms with Crippen molar-refractivity contribution in [2.45, 2.75) is 32.1 Å². The van der Waals surface area contributed by atoms with Gasteiger partial charge in [-0.15, -0.1) is 0 Å². The summed E-state index contributed by atoms with van der Waals surface area (Å²) in [4.78, 5) is 26.5. The van der Waals surface area contributed by atoms with Crippen LogP contribution < -0.4 is 4.72 Å². The molecule has 2 amide bonds. The first-order valence-corrected chi connectivity index (χ1v) is 14.4. The lowest BCUT2D eigenvalue weighted by atomic mass is 10.1. The molecule has 2 heterocycles. The lowest BCUT2D eigenvalue weighted by Gasteiger charge is -2.20. The van der Waals surface area contributed by atoms with Gasteiger partial charge in [0.15, 0.2) is 0 Å². The molecule has 1 unspecified atom stereocenters. The van der Waals surface area contributed by atoms with Gasteiger partial charge in [0.25, 0.3) is 11.1 Å². The molecule has 8 nitrogen and oxygen atoms in total. The van der Waals surface area contributed by atoms with Crippen molar-refractivity contribution in [1.29, 1.82) is 0 Å². The summed E-state index contributed by atoms with van der Waals surface area (Å²) >= 11 is 6.52. The summed E-state index contributed by atoms with van der Waals surface area (Å²) < 4.78 is 67.4. The zero-order valence-electron chi connectivity index (χ0n) is 20.1. The molecular formula is C24H22ClF3N4O4S2. The number of hydrogen-bond acceptors (Lipinski definition) is 6. The highest BCUT2D eigenvalue weighted by Gasteiger charge is 2.37. The zero-order chi connectivity index (χ0) is 27.8. The average molecular weight is 587 g/mol. The minimum Gasteiger partial charge on any atom is -0.268 e. The first-order valence-electron chi connectivity index (χ1n) is 11.3. The molecule has 0 saturated carbocycles. The summed E-state index contributed by atoms with van der Waals surface area (Å²) in [5.41, 5.74) is 0.348. The summed E-state index contributed by atoms with van der Waals surface area (Å²) in [6.45, 7) is 1.51. The number of nitrogens with zero attached hydrogens (tertiary/aromatic N) is 3. The number of alkyl halides is 3. The van der Waals surface area contributed by atoms with Crippen molar-refractivity contribution >= 4 is 61.5 Å². The van der Waals surface area contributed by atoms with E-state index in [2.05, 4.69) is 9.82 Å². The number of rotatable bonds is 8. The second kappa shape index (κ2) is 10.7. The van der Waals surface area contributed by atoms with E-state index in [0.29, 0.717) is 22.9 Å². The molecule has 1 aromatic heterocycles. The molecule has 14 heteroatoms. The van der Waals surface area contributed by atoms with Gasteiger partial charge in [-0.3, -0.25) is 19.2 Å². The van der Waals surface area contributed by atoms with Crippen molar-refractivity contribution < 1.29 is 31.2 Å². The summed E-state index contributed by atoms with van der Waals surface area (Å²) in [6.07, 6.45) is -0.142. The fourth-order valence-electron chi connectivity index (χ4n) is 4.01. The van der Waals surface area contributed by atoms with Crippen LogP contribution in [0.2, 0.25) is 5.02 Å². The molecule has 4 rings (SSSR count). The van der Waals surface area contributed by atoms with Gasteiger partial charge in [-0.2, -0.15) is 18.3 Å². The molecular weight excluding hydrogens is 565 g/mol. The highest BCUT2D eigenvalue weighted by atomic mass is 35.5. The van der Waals surface area contributed by atoms with E-state index >= 15 is 0 Å². The molecule has 3 aromatic rings. The van der Waals surface area contributed by atoms with Crippen LogP contribution in [-0.2, 0) is 27.5 Å². The number of sulfonamides is 1. The lowest BCUT2D eigenvalue weighted by molar-refractivity contribution is -0.138. The number of imide groups is 1. The summed E-state index contributed by atoms with van der Waals surface area (Å²) in [7, 11) is -3.51. The number of carbonyl (C=O) groups excluding carboxylic acids is 2. The predicted octanol–water partition coefficient (Wildman–Crippen LogP) is 5.12. The van der Waals surface area contributed by atoms with E-state index in [-0.39, 0.29) is 28.6 Å². The molecule has 1 fully saturated rings. The first kappa shape index (κ1) is 28.1. The van der Waals surface area contributed by atoms with Crippen LogP contribution in [-0.4, -0.2) is 53.1 Å². The van der Waals surface area contributed by atoms with Crippen molar-refractivity contribution in [2.24, 2.45) is 0 Å². The smallest absolute Gasteiger partial charge is 0.268 e. The molecule has 2 aromatic carbocycles. The molecule has 0 spiro atoms. The third kappa shape index (κ3) is 6.40. The SMILES string of the molecule is CCC(CN1C(=O)SC(=Cc2ccc3c(cnn3Cc3ccc(Cl)cc3C(F)(F)F)c2)C1=O)NS(C)(=O)=O. The minimum absolute atomic E-state index is 0.0143. The van der Waals surface area contributed by atoms with Crippen molar-refractivity contribution in [1.82, 2.24) is 19.4 Å². The van der Waals surface area contributed by atoms with Gasteiger partial charge in [0.1, 0.15) is 0 Å². The van der Waals surface area contributed by atoms with Crippen molar-refractivity contribution in [3.8, 4) is 0 Å². The van der Waals surface area contributed by atoms with Crippen LogP contribution in [0.25, 0.3) is 17.0 Å². The highest BCUT2D eigenvalue weighted by Crippen LogP contribution is 2.35. The number of thioether (sulfide) groups is 1. The fourth-order valence-corrected chi connectivity index (χ4v) is 5.88. The molecule has 0 aliphatic carbocycles. The molecule has 0 bridgehead atoms. The monoisotopic (exact) mass is 586 g/mol. The summed E-state index contributed by atoms with van der Waals surface area (Å²) in [6, 6.07) is 8.03. The van der Waals surface area contributed by atoms with Crippen LogP contribution >= 0.6 is 23.4 Å². The molecule has 1 aliphatic rings. The number of fused-ring (bicyclic) bond motifs is 1. The number of halogens is 4. The van der Waals surface area contributed by atoms with E-state index in [9.17, 15) is 31.2 Å². The number of amides is 2. The van der Waals surface area contributed by atoms with Crippen molar-refractivity contribution in [3.05, 3.63) is 69.2 Å². The Bertz CT molecular complexity index is 1550. The number of carbonyl (C=O) groups is 2. The van der Waals surface area contributed by atoms with Crippen LogP contribution in [0.1, 0.15) is 30.0 Å². The molecule has 202 valence electrons. The van der Waals surface area contributed by atoms with Gasteiger partial charge >= 0.3 is 6.18 Å². The van der Waals surface area contributed by atoms with Crippen LogP contribution in [0.5, 0.6) is 0 Å². The first-order chi connectivity index (χ1) is 17.7. The van der Waals surface area contributed by atoms with Crippen molar-refractivity contribution in [3.63, 3.8) is 0 Å². The predicted molar refractivity (Wildman–Crippen MR) is 140 cm³/mol. The van der Waals surface area contributed by atoms with Crippen LogP contribution in [0.15, 0.2) is 47.5 Å². The van der Waals surface area contributed by atoms with E-state index < -0.39 is 39.0 Å². The van der Waals surface area contributed by atoms with Crippen LogP contribution in [0, 0.1) is 0 Å². The third-order valence-electron chi connectivity index (χ3n) is 5.81. The van der Waals surface area contributed by atoms with Crippen LogP contribution in [0.3, 0.4) is 0 Å². The Morgan fingerprint density at radius 2 is 1.92 bits per heavy atom. The Balaban J connectivity index is 1.55. The third-order valence-corrected chi connectivity index (χ3v) is 7.72. The van der Waals surface area contributed by atoms with Gasteiger partial charge in [-0.1, -0.05) is 30.7 Å². The maximum atomic E-state index is 13.5. The zero-order valence-corrected chi connectivity index (χ0v) is 22.5. The Morgan fingerprint density at radius 3 is 2.58 bits per heavy atom. The molecule has 1 atom stereocenters. The van der Waals surface area contributed by atoms with Crippen LogP contribution in [0.4, 0.5) is 18.0 Å². The Kier molecular flexibility index (Phi) is 7.94. The second-order valence-electron chi connectivity index (χ2n) is 8.71. The standard InChI is InChI=1S/C24H22ClF3N4O4S2/c1-3-18(30-38(2,35)36)13-31-22(33)21(37-23(31)34)9-14-4-7-20-16(8-14)11-29-32(20)12-15-5-6-17(25)10-19(15)24(26,27)28/h4-11,18,30H,3,12-13H2,1-2H3. The van der Waals surface area contributed by atoms with E-state index in [4.69, 9.17) is 11.6 Å². The van der Waals surface area contributed by atoms with Gasteiger partial charge in [0.2, 0.25) is 10.0 Å². The maximum absolute atomic E-state index is 13.5. The Labute approximate surface area is 225 Å². The molecule has 1 aliphatic heterocycles. The van der Waals surface area contributed by atoms with Gasteiger partial charge < -0.3 is 0 Å². The summed E-state index contributed by atoms with van der Waals surface area (Å²) in [5.74, 6) is -0.535. The molecule has 1 N–H and O–H groups in total. The quantitative estimate of drug-likeness (QED) is 0.368. The second-order valence-corrected chi connectivity index (χ2v) is 11.9. The lowest BCUT2D eigenvalue weighted by Crippen LogP contribution is -2.44. The normalized spacial score (nSPS) is 16.7. The van der Waals surface area contributed by atoms with Gasteiger partial charge in [-0.25, -0.2) is 13.1 Å². The Hall–Kier alpha value is -2.87. The number of benzene rings is 2. The maximum Gasteiger partial charge on any atom is 0.416 e. The largest absolute Gasteiger partial charge is 0.416 e. The topological polar surface area (TPSA) is 101 Å². The van der Waals surface area contributed by atoms with E-state index in [1.165, 1.54) is 29.1 Å². The summed E-state index contributed by atoms with van der Waals surface area (Å²) in [5, 5.41) is 4.33. The molecule has 38 heavy (non-hydrogen) atoms. The van der Waals surface area contributed by atoms with E-state index in [0.717, 1.165) is 29.0 Å². The van der Waals surface area contributed by atoms with Crippen molar-refractivity contribution in [2.75, 3.05) is 12.8 Å². The number of aromatic nitrogens is 2. The minimum atomic E-state index is -4.57. The van der Waals surface area contributed by atoms with Gasteiger partial charge in [0, 0.05) is 23.0 Å². The fraction of sp³-hybridized carbons (Fsp3) is 0.292. The van der Waals surface area contributed by atoms with Gasteiger partial charge in [-0.05, 0) is 59.7 Å². The number of hydrogen-bond donors (Lipinski definition) is 1. The number of nitrogens with one attached hydrogen (secondary N) is 1. The van der Waals surface area contributed by atoms with E-state index in [1.54, 1.807) is 25.1 Å². The Morgan fingerprint density at radius 1 is 1.18 bits per heavy atom. The molecule has 1 saturated heterocycles. The molecule has 0 radical (unpaired) electrons. The van der Waals surface area contributed by atoms with Gasteiger partial charge in [0.05, 0.1) is 35.0 Å².